The van der Waals surface area contributed by atoms with Gasteiger partial charge in [0, 0.05) is 38.5 Å². The maximum atomic E-state index is 11.1. The van der Waals surface area contributed by atoms with Crippen LogP contribution in [-0.4, -0.2) is 55.3 Å². The zero-order chi connectivity index (χ0) is 20.6. The topological polar surface area (TPSA) is 80.3 Å². The Kier molecular flexibility index (Phi) is 16.2. The molecule has 152 valence electrons. The van der Waals surface area contributed by atoms with E-state index >= 15 is 0 Å². The van der Waals surface area contributed by atoms with Crippen molar-refractivity contribution in [2.45, 2.75) is 46.1 Å². The molecule has 0 rings (SSSR count). The number of carbonyl (C=O) groups excluding carboxylic acids is 2. The van der Waals surface area contributed by atoms with Crippen LogP contribution in [0.15, 0.2) is 24.3 Å². The zero-order valence-corrected chi connectivity index (χ0v) is 18.0. The van der Waals surface area contributed by atoms with Gasteiger partial charge in [0.25, 0.3) is 0 Å². The van der Waals surface area contributed by atoms with E-state index in [1.807, 2.05) is 0 Å². The van der Waals surface area contributed by atoms with Crippen molar-refractivity contribution in [3.8, 4) is 0 Å². The number of carbonyl (C=O) groups is 2. The van der Waals surface area contributed by atoms with Gasteiger partial charge in [0.05, 0.1) is 13.2 Å². The molecule has 0 saturated heterocycles. The fraction of sp³-hybridized carbons (Fsp3) is 0.667. The molecule has 0 radical (unpaired) electrons. The Bertz CT molecular complexity index is 437. The molecule has 0 saturated carbocycles. The standard InChI is InChI=1S/C10H20O5Si.C8H14O2/c1-9(2)10(11)15-7-6-8-16(12-3,13-4)14-5;1-4-5-6-10-8(9)7(2)3/h1,6-8H2,2-5H3;2,4-6H2,1,3H3. The Hall–Kier alpha value is -1.48. The molecule has 0 N–H and O–H groups in total. The van der Waals surface area contributed by atoms with Crippen LogP contribution in [0.4, 0.5) is 0 Å². The third-order valence-corrected chi connectivity index (χ3v) is 6.05. The van der Waals surface area contributed by atoms with Crippen LogP contribution in [0.5, 0.6) is 0 Å². The molecule has 0 atom stereocenters. The van der Waals surface area contributed by atoms with Crippen LogP contribution in [0.3, 0.4) is 0 Å². The summed E-state index contributed by atoms with van der Waals surface area (Å²) in [4.78, 5) is 21.8. The van der Waals surface area contributed by atoms with Gasteiger partial charge in [-0.15, -0.1) is 0 Å². The highest BCUT2D eigenvalue weighted by Crippen LogP contribution is 2.14. The fourth-order valence-corrected chi connectivity index (χ4v) is 3.26. The second-order valence-electron chi connectivity index (χ2n) is 5.58. The van der Waals surface area contributed by atoms with Crippen molar-refractivity contribution in [1.29, 1.82) is 0 Å². The monoisotopic (exact) mass is 390 g/mol. The van der Waals surface area contributed by atoms with E-state index in [1.165, 1.54) is 0 Å². The molecule has 0 aliphatic carbocycles. The predicted molar refractivity (Wildman–Crippen MR) is 103 cm³/mol. The lowest BCUT2D eigenvalue weighted by Gasteiger charge is -2.24. The molecule has 0 aliphatic rings. The Morgan fingerprint density at radius 2 is 1.19 bits per heavy atom. The first-order valence-corrected chi connectivity index (χ1v) is 10.4. The molecular formula is C18H34O7Si. The van der Waals surface area contributed by atoms with E-state index < -0.39 is 8.80 Å². The quantitative estimate of drug-likeness (QED) is 0.219. The van der Waals surface area contributed by atoms with Crippen LogP contribution >= 0.6 is 0 Å². The lowest BCUT2D eigenvalue weighted by atomic mass is 10.3. The van der Waals surface area contributed by atoms with Crippen molar-refractivity contribution in [2.75, 3.05) is 34.5 Å². The number of esters is 2. The minimum Gasteiger partial charge on any atom is -0.462 e. The Labute approximate surface area is 158 Å². The smallest absolute Gasteiger partial charge is 0.462 e. The number of ether oxygens (including phenoxy) is 2. The molecule has 0 heterocycles. The third-order valence-electron chi connectivity index (χ3n) is 3.22. The summed E-state index contributed by atoms with van der Waals surface area (Å²) >= 11 is 0. The average molecular weight is 391 g/mol. The van der Waals surface area contributed by atoms with Gasteiger partial charge in [-0.05, 0) is 26.7 Å². The van der Waals surface area contributed by atoms with Gasteiger partial charge in [-0.1, -0.05) is 26.5 Å². The summed E-state index contributed by atoms with van der Waals surface area (Å²) < 4.78 is 25.4. The predicted octanol–water partition coefficient (Wildman–Crippen LogP) is 3.28. The third kappa shape index (κ3) is 12.8. The maximum absolute atomic E-state index is 11.1. The maximum Gasteiger partial charge on any atom is 0.500 e. The van der Waals surface area contributed by atoms with Gasteiger partial charge in [0.2, 0.25) is 0 Å². The highest BCUT2D eigenvalue weighted by atomic mass is 28.4. The summed E-state index contributed by atoms with van der Waals surface area (Å²) in [6, 6.07) is 0.611. The number of rotatable bonds is 12. The molecule has 0 fully saturated rings. The fourth-order valence-electron chi connectivity index (χ4n) is 1.57. The van der Waals surface area contributed by atoms with E-state index in [-0.39, 0.29) is 11.9 Å². The van der Waals surface area contributed by atoms with Gasteiger partial charge < -0.3 is 22.8 Å². The molecule has 0 spiro atoms. The van der Waals surface area contributed by atoms with Gasteiger partial charge in [-0.25, -0.2) is 9.59 Å². The second-order valence-corrected chi connectivity index (χ2v) is 8.68. The molecule has 0 amide bonds. The van der Waals surface area contributed by atoms with E-state index in [2.05, 4.69) is 20.1 Å². The van der Waals surface area contributed by atoms with Crippen molar-refractivity contribution < 1.29 is 32.3 Å². The average Bonchev–Trinajstić information content (AvgIpc) is 2.62. The summed E-state index contributed by atoms with van der Waals surface area (Å²) in [5, 5.41) is 0. The van der Waals surface area contributed by atoms with Crippen LogP contribution in [0.2, 0.25) is 6.04 Å². The molecule has 0 aromatic heterocycles. The molecular weight excluding hydrogens is 356 g/mol. The van der Waals surface area contributed by atoms with Crippen molar-refractivity contribution >= 4 is 20.7 Å². The Balaban J connectivity index is 0. The van der Waals surface area contributed by atoms with Crippen LogP contribution in [0.1, 0.15) is 40.0 Å². The van der Waals surface area contributed by atoms with Crippen LogP contribution in [-0.2, 0) is 32.3 Å². The first kappa shape index (κ1) is 26.7. The van der Waals surface area contributed by atoms with Gasteiger partial charge in [0.15, 0.2) is 0 Å². The summed E-state index contributed by atoms with van der Waals surface area (Å²) in [6.07, 6.45) is 2.61. The molecule has 0 aromatic rings. The van der Waals surface area contributed by atoms with Crippen LogP contribution in [0, 0.1) is 0 Å². The van der Waals surface area contributed by atoms with Gasteiger partial charge in [0.1, 0.15) is 0 Å². The lowest BCUT2D eigenvalue weighted by Crippen LogP contribution is -2.42. The number of hydrogen-bond acceptors (Lipinski definition) is 7. The lowest BCUT2D eigenvalue weighted by molar-refractivity contribution is -0.139. The van der Waals surface area contributed by atoms with E-state index in [1.54, 1.807) is 35.2 Å². The van der Waals surface area contributed by atoms with Gasteiger partial charge >= 0.3 is 20.7 Å². The highest BCUT2D eigenvalue weighted by molar-refractivity contribution is 6.60. The molecule has 0 aromatic carbocycles. The first-order valence-electron chi connectivity index (χ1n) is 8.50. The molecule has 7 nitrogen and oxygen atoms in total. The minimum atomic E-state index is -2.53. The summed E-state index contributed by atoms with van der Waals surface area (Å²) in [5.74, 6) is -0.659. The van der Waals surface area contributed by atoms with E-state index in [0.717, 1.165) is 12.8 Å². The van der Waals surface area contributed by atoms with E-state index in [0.29, 0.717) is 36.8 Å². The Morgan fingerprint density at radius 3 is 1.50 bits per heavy atom. The normalized spacial score (nSPS) is 10.4. The molecule has 26 heavy (non-hydrogen) atoms. The highest BCUT2D eigenvalue weighted by Gasteiger charge is 2.36. The molecule has 0 bridgehead atoms. The summed E-state index contributed by atoms with van der Waals surface area (Å²) in [7, 11) is 2.13. The van der Waals surface area contributed by atoms with E-state index in [4.69, 9.17) is 22.8 Å². The zero-order valence-electron chi connectivity index (χ0n) is 17.0. The first-order chi connectivity index (χ1) is 12.2. The molecule has 8 heteroatoms. The molecule has 0 unspecified atom stereocenters. The van der Waals surface area contributed by atoms with Gasteiger partial charge in [-0.3, -0.25) is 0 Å². The van der Waals surface area contributed by atoms with Crippen molar-refractivity contribution in [1.82, 2.24) is 0 Å². The van der Waals surface area contributed by atoms with Crippen molar-refractivity contribution in [2.24, 2.45) is 0 Å². The number of unbranched alkanes of at least 4 members (excludes halogenated alkanes) is 1. The Morgan fingerprint density at radius 1 is 0.808 bits per heavy atom. The van der Waals surface area contributed by atoms with E-state index in [9.17, 15) is 9.59 Å². The van der Waals surface area contributed by atoms with Crippen molar-refractivity contribution in [3.63, 3.8) is 0 Å². The van der Waals surface area contributed by atoms with Crippen molar-refractivity contribution in [3.05, 3.63) is 24.3 Å². The van der Waals surface area contributed by atoms with Crippen LogP contribution in [0.25, 0.3) is 0 Å². The summed E-state index contributed by atoms with van der Waals surface area (Å²) in [6.45, 7) is 13.1. The SMILES string of the molecule is C=C(C)C(=O)OCCCC.C=C(C)C(=O)OCCC[Si](OC)(OC)OC. The largest absolute Gasteiger partial charge is 0.500 e. The number of hydrogen-bond donors (Lipinski definition) is 0. The summed E-state index contributed by atoms with van der Waals surface area (Å²) in [5.41, 5.74) is 0.866. The second kappa shape index (κ2) is 15.7. The minimum absolute atomic E-state index is 0.284. The van der Waals surface area contributed by atoms with Crippen LogP contribution < -0.4 is 0 Å². The molecule has 0 aliphatic heterocycles. The van der Waals surface area contributed by atoms with Gasteiger partial charge in [-0.2, -0.15) is 0 Å².